The second-order valence-corrected chi connectivity index (χ2v) is 4.31. The number of halogens is 3. The highest BCUT2D eigenvalue weighted by molar-refractivity contribution is 5.88. The van der Waals surface area contributed by atoms with Gasteiger partial charge in [0.05, 0.1) is 0 Å². The van der Waals surface area contributed by atoms with Crippen molar-refractivity contribution < 1.29 is 22.5 Å². The molecule has 5 nitrogen and oxygen atoms in total. The first-order chi connectivity index (χ1) is 9.86. The van der Waals surface area contributed by atoms with Gasteiger partial charge in [0, 0.05) is 6.07 Å². The molecule has 1 aromatic carbocycles. The molecule has 0 aliphatic carbocycles. The lowest BCUT2D eigenvalue weighted by Gasteiger charge is -2.21. The van der Waals surface area contributed by atoms with Gasteiger partial charge in [-0.2, -0.15) is 13.2 Å². The van der Waals surface area contributed by atoms with Gasteiger partial charge in [-0.05, 0) is 12.5 Å². The number of anilines is 1. The standard InChI is InChI=1S/C13H12F3N3O2/c1-8-7-10(19-21-8)17-12(20)18-11(13(14,15)16)9-5-3-2-4-6-9/h2-7,11H,1H3,(H2,17,18,19,20)/t11-/m1/s1. The zero-order valence-corrected chi connectivity index (χ0v) is 10.9. The van der Waals surface area contributed by atoms with Crippen LogP contribution in [-0.4, -0.2) is 17.4 Å². The van der Waals surface area contributed by atoms with Gasteiger partial charge in [-0.25, -0.2) is 4.79 Å². The van der Waals surface area contributed by atoms with Crippen LogP contribution in [0.3, 0.4) is 0 Å². The highest BCUT2D eigenvalue weighted by Gasteiger charge is 2.41. The van der Waals surface area contributed by atoms with Gasteiger partial charge >= 0.3 is 12.2 Å². The topological polar surface area (TPSA) is 67.2 Å². The van der Waals surface area contributed by atoms with Crippen molar-refractivity contribution >= 4 is 11.8 Å². The van der Waals surface area contributed by atoms with Gasteiger partial charge in [0.15, 0.2) is 11.9 Å². The maximum absolute atomic E-state index is 13.0. The quantitative estimate of drug-likeness (QED) is 0.912. The van der Waals surface area contributed by atoms with Crippen molar-refractivity contribution in [3.63, 3.8) is 0 Å². The molecule has 1 aromatic heterocycles. The van der Waals surface area contributed by atoms with Crippen LogP contribution < -0.4 is 10.6 Å². The van der Waals surface area contributed by atoms with E-state index in [2.05, 4.69) is 10.5 Å². The van der Waals surface area contributed by atoms with Crippen LogP contribution in [0.25, 0.3) is 0 Å². The smallest absolute Gasteiger partial charge is 0.360 e. The number of carbonyl (C=O) groups excluding carboxylic acids is 1. The number of urea groups is 1. The molecule has 0 saturated carbocycles. The van der Waals surface area contributed by atoms with Crippen LogP contribution in [0.5, 0.6) is 0 Å². The SMILES string of the molecule is Cc1cc(NC(=O)N[C@H](c2ccccc2)C(F)(F)F)no1. The Morgan fingerprint density at radius 3 is 2.48 bits per heavy atom. The third-order valence-electron chi connectivity index (χ3n) is 2.61. The van der Waals surface area contributed by atoms with Crippen molar-refractivity contribution in [2.75, 3.05) is 5.32 Å². The highest BCUT2D eigenvalue weighted by atomic mass is 19.4. The fourth-order valence-corrected chi connectivity index (χ4v) is 1.71. The number of nitrogens with one attached hydrogen (secondary N) is 2. The predicted molar refractivity (Wildman–Crippen MR) is 68.6 cm³/mol. The normalized spacial score (nSPS) is 12.8. The lowest BCUT2D eigenvalue weighted by Crippen LogP contribution is -2.40. The lowest BCUT2D eigenvalue weighted by molar-refractivity contribution is -0.154. The summed E-state index contributed by atoms with van der Waals surface area (Å²) in [6.07, 6.45) is -4.61. The number of amides is 2. The number of alkyl halides is 3. The fourth-order valence-electron chi connectivity index (χ4n) is 1.71. The summed E-state index contributed by atoms with van der Waals surface area (Å²) >= 11 is 0. The molecule has 0 unspecified atom stereocenters. The van der Waals surface area contributed by atoms with Gasteiger partial charge in [0.1, 0.15) is 5.76 Å². The van der Waals surface area contributed by atoms with Crippen LogP contribution in [-0.2, 0) is 0 Å². The summed E-state index contributed by atoms with van der Waals surface area (Å²) in [5.41, 5.74) is -0.0588. The molecule has 21 heavy (non-hydrogen) atoms. The number of nitrogens with zero attached hydrogens (tertiary/aromatic N) is 1. The Balaban J connectivity index is 2.11. The highest BCUT2D eigenvalue weighted by Crippen LogP contribution is 2.32. The third kappa shape index (κ3) is 3.98. The van der Waals surface area contributed by atoms with Crippen molar-refractivity contribution in [2.45, 2.75) is 19.1 Å². The molecule has 8 heteroatoms. The fraction of sp³-hybridized carbons (Fsp3) is 0.231. The van der Waals surface area contributed by atoms with E-state index in [1.54, 1.807) is 13.0 Å². The van der Waals surface area contributed by atoms with Gasteiger partial charge in [-0.1, -0.05) is 35.5 Å². The molecule has 112 valence electrons. The summed E-state index contributed by atoms with van der Waals surface area (Å²) in [5.74, 6) is 0.472. The third-order valence-corrected chi connectivity index (χ3v) is 2.61. The first kappa shape index (κ1) is 14.9. The first-order valence-corrected chi connectivity index (χ1v) is 5.99. The maximum Gasteiger partial charge on any atom is 0.412 e. The van der Waals surface area contributed by atoms with E-state index in [-0.39, 0.29) is 11.4 Å². The molecule has 0 aliphatic heterocycles. The van der Waals surface area contributed by atoms with Crippen LogP contribution in [0.4, 0.5) is 23.8 Å². The molecule has 1 heterocycles. The monoisotopic (exact) mass is 299 g/mol. The number of carbonyl (C=O) groups is 1. The molecular weight excluding hydrogens is 287 g/mol. The molecule has 0 bridgehead atoms. The van der Waals surface area contributed by atoms with Crippen LogP contribution in [0, 0.1) is 6.92 Å². The van der Waals surface area contributed by atoms with Crippen LogP contribution in [0.15, 0.2) is 40.9 Å². The van der Waals surface area contributed by atoms with Crippen LogP contribution in [0.2, 0.25) is 0 Å². The van der Waals surface area contributed by atoms with Gasteiger partial charge in [-0.3, -0.25) is 5.32 Å². The van der Waals surface area contributed by atoms with E-state index < -0.39 is 18.2 Å². The van der Waals surface area contributed by atoms with Crippen LogP contribution >= 0.6 is 0 Å². The minimum atomic E-state index is -4.61. The summed E-state index contributed by atoms with van der Waals surface area (Å²) in [5, 5.41) is 7.52. The molecule has 2 rings (SSSR count). The Kier molecular flexibility index (Phi) is 4.15. The van der Waals surface area contributed by atoms with Gasteiger partial charge in [0.25, 0.3) is 0 Å². The van der Waals surface area contributed by atoms with Gasteiger partial charge in [0.2, 0.25) is 0 Å². The van der Waals surface area contributed by atoms with E-state index in [1.807, 2.05) is 5.32 Å². The molecular formula is C13H12F3N3O2. The van der Waals surface area contributed by atoms with Gasteiger partial charge < -0.3 is 9.84 Å². The van der Waals surface area contributed by atoms with E-state index in [0.717, 1.165) is 0 Å². The van der Waals surface area contributed by atoms with E-state index in [4.69, 9.17) is 4.52 Å². The summed E-state index contributed by atoms with van der Waals surface area (Å²) in [4.78, 5) is 11.6. The zero-order valence-electron chi connectivity index (χ0n) is 10.9. The maximum atomic E-state index is 13.0. The van der Waals surface area contributed by atoms with Crippen molar-refractivity contribution in [2.24, 2.45) is 0 Å². The molecule has 1 atom stereocenters. The number of hydrogen-bond donors (Lipinski definition) is 2. The Bertz CT molecular complexity index is 611. The molecule has 0 spiro atoms. The van der Waals surface area contributed by atoms with Crippen molar-refractivity contribution in [3.8, 4) is 0 Å². The van der Waals surface area contributed by atoms with E-state index in [1.165, 1.54) is 30.3 Å². The molecule has 0 fully saturated rings. The molecule has 0 saturated heterocycles. The molecule has 2 amide bonds. The Labute approximate surface area is 118 Å². The largest absolute Gasteiger partial charge is 0.412 e. The minimum absolute atomic E-state index is 0.0407. The van der Waals surface area contributed by atoms with Crippen molar-refractivity contribution in [1.29, 1.82) is 0 Å². The summed E-state index contributed by atoms with van der Waals surface area (Å²) in [6.45, 7) is 1.60. The average molecular weight is 299 g/mol. The number of aryl methyl sites for hydroxylation is 1. The average Bonchev–Trinajstić information content (AvgIpc) is 2.81. The van der Waals surface area contributed by atoms with Crippen molar-refractivity contribution in [1.82, 2.24) is 10.5 Å². The summed E-state index contributed by atoms with van der Waals surface area (Å²) < 4.78 is 43.8. The van der Waals surface area contributed by atoms with Crippen LogP contribution in [0.1, 0.15) is 17.4 Å². The number of aromatic nitrogens is 1. The number of rotatable bonds is 3. The van der Waals surface area contributed by atoms with Gasteiger partial charge in [-0.15, -0.1) is 0 Å². The Morgan fingerprint density at radius 2 is 1.95 bits per heavy atom. The van der Waals surface area contributed by atoms with E-state index in [0.29, 0.717) is 5.76 Å². The molecule has 0 radical (unpaired) electrons. The first-order valence-electron chi connectivity index (χ1n) is 5.99. The van der Waals surface area contributed by atoms with E-state index in [9.17, 15) is 18.0 Å². The summed E-state index contributed by atoms with van der Waals surface area (Å²) in [7, 11) is 0. The van der Waals surface area contributed by atoms with E-state index >= 15 is 0 Å². The number of hydrogen-bond acceptors (Lipinski definition) is 3. The predicted octanol–water partition coefficient (Wildman–Crippen LogP) is 3.41. The Morgan fingerprint density at radius 1 is 1.29 bits per heavy atom. The molecule has 0 aliphatic rings. The van der Waals surface area contributed by atoms with Crippen molar-refractivity contribution in [3.05, 3.63) is 47.7 Å². The molecule has 2 N–H and O–H groups in total. The second-order valence-electron chi connectivity index (χ2n) is 4.31. The number of benzene rings is 1. The minimum Gasteiger partial charge on any atom is -0.360 e. The molecule has 2 aromatic rings. The lowest BCUT2D eigenvalue weighted by atomic mass is 10.1. The zero-order chi connectivity index (χ0) is 15.5. The summed E-state index contributed by atoms with van der Waals surface area (Å²) in [6, 6.07) is 5.38. The Hall–Kier alpha value is -2.51. The second kappa shape index (κ2) is 5.86.